The molecule has 0 amide bonds. The number of hydrogen-bond donors (Lipinski definition) is 2. The molecule has 4 aliphatic rings. The standard InChI is InChI=1S/C27H36F2O6/c1-5-6-7-23(33)35-14-22(32)27(34)15(2)10-17-18-12-20(28)19-11-16(30)8-9-24(19,3)26(18,29)21(31)13-25(17,27)4/h8-9,11,15,17-18,20-21,31,34H,5-7,10,12-14H2,1-4H3. The van der Waals surface area contributed by atoms with Crippen molar-refractivity contribution in [2.24, 2.45) is 28.6 Å². The van der Waals surface area contributed by atoms with E-state index >= 15 is 8.78 Å². The van der Waals surface area contributed by atoms with E-state index in [2.05, 4.69) is 0 Å². The molecule has 0 spiro atoms. The summed E-state index contributed by atoms with van der Waals surface area (Å²) >= 11 is 0. The number of fused-ring (bicyclic) bond motifs is 5. The molecule has 4 rings (SSSR count). The summed E-state index contributed by atoms with van der Waals surface area (Å²) in [6, 6.07) is 0. The zero-order valence-electron chi connectivity index (χ0n) is 20.9. The maximum absolute atomic E-state index is 17.1. The van der Waals surface area contributed by atoms with Crippen LogP contribution < -0.4 is 0 Å². The number of ether oxygens (including phenoxy) is 1. The van der Waals surface area contributed by atoms with Gasteiger partial charge in [-0.15, -0.1) is 0 Å². The van der Waals surface area contributed by atoms with Crippen LogP contribution >= 0.6 is 0 Å². The number of aliphatic hydroxyl groups is 2. The summed E-state index contributed by atoms with van der Waals surface area (Å²) in [5, 5.41) is 23.1. The number of allylic oxidation sites excluding steroid dienone is 4. The summed E-state index contributed by atoms with van der Waals surface area (Å²) in [5.41, 5.74) is -6.98. The summed E-state index contributed by atoms with van der Waals surface area (Å²) in [6.07, 6.45) is 1.89. The molecule has 0 aromatic carbocycles. The maximum atomic E-state index is 17.1. The lowest BCUT2D eigenvalue weighted by atomic mass is 9.44. The van der Waals surface area contributed by atoms with Crippen LogP contribution in [0.4, 0.5) is 8.78 Å². The highest BCUT2D eigenvalue weighted by molar-refractivity contribution is 6.01. The monoisotopic (exact) mass is 494 g/mol. The number of carbonyl (C=O) groups excluding carboxylic acids is 3. The molecule has 0 aromatic rings. The molecule has 0 aromatic heterocycles. The second kappa shape index (κ2) is 8.58. The minimum Gasteiger partial charge on any atom is -0.458 e. The van der Waals surface area contributed by atoms with Crippen LogP contribution in [0.3, 0.4) is 0 Å². The van der Waals surface area contributed by atoms with Gasteiger partial charge in [0.2, 0.25) is 5.78 Å². The SMILES string of the molecule is CCCCC(=O)OCC(=O)C1(O)C(C)CC2C3CC(F)C4=CC(=O)C=CC4(C)C3(F)C(O)CC21C. The molecular weight excluding hydrogens is 458 g/mol. The van der Waals surface area contributed by atoms with Gasteiger partial charge < -0.3 is 14.9 Å². The van der Waals surface area contributed by atoms with Crippen LogP contribution in [0.2, 0.25) is 0 Å². The Hall–Kier alpha value is -1.93. The molecule has 4 aliphatic carbocycles. The first-order valence-electron chi connectivity index (χ1n) is 12.6. The molecule has 0 saturated heterocycles. The Morgan fingerprint density at radius 2 is 1.91 bits per heavy atom. The minimum absolute atomic E-state index is 0.0304. The number of carbonyl (C=O) groups is 3. The number of rotatable bonds is 6. The molecule has 3 saturated carbocycles. The lowest BCUT2D eigenvalue weighted by molar-refractivity contribution is -0.224. The van der Waals surface area contributed by atoms with Crippen LogP contribution in [0, 0.1) is 28.6 Å². The molecule has 0 heterocycles. The number of esters is 1. The lowest BCUT2D eigenvalue weighted by Crippen LogP contribution is -2.70. The van der Waals surface area contributed by atoms with Crippen LogP contribution in [0.25, 0.3) is 0 Å². The van der Waals surface area contributed by atoms with Crippen molar-refractivity contribution in [1.82, 2.24) is 0 Å². The molecule has 194 valence electrons. The Morgan fingerprint density at radius 1 is 1.23 bits per heavy atom. The van der Waals surface area contributed by atoms with Crippen LogP contribution in [-0.4, -0.2) is 57.9 Å². The first kappa shape index (κ1) is 26.1. The Balaban J connectivity index is 1.68. The first-order valence-corrected chi connectivity index (χ1v) is 12.6. The molecule has 8 heteroatoms. The maximum Gasteiger partial charge on any atom is 0.306 e. The van der Waals surface area contributed by atoms with Crippen molar-refractivity contribution in [1.29, 1.82) is 0 Å². The Morgan fingerprint density at radius 3 is 2.57 bits per heavy atom. The van der Waals surface area contributed by atoms with E-state index in [1.54, 1.807) is 13.8 Å². The smallest absolute Gasteiger partial charge is 0.306 e. The van der Waals surface area contributed by atoms with Crippen molar-refractivity contribution in [3.05, 3.63) is 23.8 Å². The molecule has 35 heavy (non-hydrogen) atoms. The molecule has 3 fully saturated rings. The van der Waals surface area contributed by atoms with Crippen LogP contribution in [0.15, 0.2) is 23.8 Å². The Labute approximate surface area is 204 Å². The predicted octanol–water partition coefficient (Wildman–Crippen LogP) is 3.58. The van der Waals surface area contributed by atoms with Crippen molar-refractivity contribution >= 4 is 17.5 Å². The van der Waals surface area contributed by atoms with Crippen molar-refractivity contribution in [2.75, 3.05) is 6.61 Å². The lowest BCUT2D eigenvalue weighted by Gasteiger charge is -2.63. The average molecular weight is 495 g/mol. The van der Waals surface area contributed by atoms with E-state index in [1.807, 2.05) is 6.92 Å². The topological polar surface area (TPSA) is 101 Å². The normalized spacial score (nSPS) is 46.3. The highest BCUT2D eigenvalue weighted by atomic mass is 19.1. The van der Waals surface area contributed by atoms with Gasteiger partial charge in [0.05, 0.1) is 6.10 Å². The number of Topliss-reactive ketones (excluding diaryl/α,β-unsaturated/α-hetero) is 1. The summed E-state index contributed by atoms with van der Waals surface area (Å²) in [5.74, 6) is -3.82. The van der Waals surface area contributed by atoms with Gasteiger partial charge in [0.15, 0.2) is 18.1 Å². The highest BCUT2D eigenvalue weighted by Gasteiger charge is 2.76. The fourth-order valence-electron chi connectivity index (χ4n) is 7.78. The van der Waals surface area contributed by atoms with Crippen LogP contribution in [-0.2, 0) is 19.1 Å². The molecule has 0 aliphatic heterocycles. The first-order chi connectivity index (χ1) is 16.3. The van der Waals surface area contributed by atoms with Gasteiger partial charge in [-0.3, -0.25) is 14.4 Å². The fourth-order valence-corrected chi connectivity index (χ4v) is 7.78. The van der Waals surface area contributed by atoms with E-state index in [9.17, 15) is 24.6 Å². The summed E-state index contributed by atoms with van der Waals surface area (Å²) < 4.78 is 37.7. The van der Waals surface area contributed by atoms with Crippen LogP contribution in [0.5, 0.6) is 0 Å². The van der Waals surface area contributed by atoms with E-state index in [0.717, 1.165) is 12.5 Å². The van der Waals surface area contributed by atoms with Gasteiger partial charge in [-0.2, -0.15) is 0 Å². The predicted molar refractivity (Wildman–Crippen MR) is 124 cm³/mol. The van der Waals surface area contributed by atoms with Crippen molar-refractivity contribution in [3.63, 3.8) is 0 Å². The van der Waals surface area contributed by atoms with E-state index in [1.165, 1.54) is 19.1 Å². The molecule has 9 unspecified atom stereocenters. The second-order valence-corrected chi connectivity index (χ2v) is 11.4. The number of halogens is 2. The number of hydrogen-bond acceptors (Lipinski definition) is 6. The summed E-state index contributed by atoms with van der Waals surface area (Å²) in [7, 11) is 0. The third-order valence-corrected chi connectivity index (χ3v) is 9.73. The summed E-state index contributed by atoms with van der Waals surface area (Å²) in [4.78, 5) is 37.2. The fraction of sp³-hybridized carbons (Fsp3) is 0.741. The molecule has 9 atom stereocenters. The molecule has 6 nitrogen and oxygen atoms in total. The zero-order chi connectivity index (χ0) is 26.0. The molecular formula is C27H36F2O6. The molecule has 0 radical (unpaired) electrons. The van der Waals surface area contributed by atoms with E-state index in [0.29, 0.717) is 6.42 Å². The van der Waals surface area contributed by atoms with Gasteiger partial charge in [-0.1, -0.05) is 33.3 Å². The third kappa shape index (κ3) is 3.42. The summed E-state index contributed by atoms with van der Waals surface area (Å²) in [6.45, 7) is 6.18. The number of alkyl halides is 2. The average Bonchev–Trinajstić information content (AvgIpc) is 3.00. The number of aliphatic hydroxyl groups excluding tert-OH is 1. The number of ketones is 2. The number of unbranched alkanes of at least 4 members (excludes halogenated alkanes) is 1. The van der Waals surface area contributed by atoms with Gasteiger partial charge in [0, 0.05) is 23.2 Å². The minimum atomic E-state index is -2.27. The van der Waals surface area contributed by atoms with Crippen molar-refractivity contribution in [3.8, 4) is 0 Å². The van der Waals surface area contributed by atoms with Gasteiger partial charge in [-0.25, -0.2) is 8.78 Å². The third-order valence-electron chi connectivity index (χ3n) is 9.73. The van der Waals surface area contributed by atoms with Gasteiger partial charge in [0.1, 0.15) is 11.8 Å². The quantitative estimate of drug-likeness (QED) is 0.548. The van der Waals surface area contributed by atoms with E-state index in [4.69, 9.17) is 4.74 Å². The van der Waals surface area contributed by atoms with E-state index in [-0.39, 0.29) is 31.3 Å². The van der Waals surface area contributed by atoms with Crippen LogP contribution in [0.1, 0.15) is 66.2 Å². The highest BCUT2D eigenvalue weighted by Crippen LogP contribution is 2.70. The van der Waals surface area contributed by atoms with Gasteiger partial charge in [0.25, 0.3) is 0 Å². The second-order valence-electron chi connectivity index (χ2n) is 11.4. The van der Waals surface area contributed by atoms with Gasteiger partial charge >= 0.3 is 5.97 Å². The largest absolute Gasteiger partial charge is 0.458 e. The van der Waals surface area contributed by atoms with Crippen molar-refractivity contribution in [2.45, 2.75) is 89.8 Å². The van der Waals surface area contributed by atoms with Crippen molar-refractivity contribution < 1.29 is 38.1 Å². The zero-order valence-corrected chi connectivity index (χ0v) is 20.9. The van der Waals surface area contributed by atoms with E-state index < -0.39 is 76.3 Å². The van der Waals surface area contributed by atoms with Gasteiger partial charge in [-0.05, 0) is 62.2 Å². The Kier molecular flexibility index (Phi) is 6.41. The Bertz CT molecular complexity index is 992. The molecule has 2 N–H and O–H groups in total. The molecule has 0 bridgehead atoms.